The van der Waals surface area contributed by atoms with E-state index in [1.165, 1.54) is 13.3 Å². The standard InChI is InChI=1S/C19H20N2O4/c1-24-19(23)15-8-9-17(20-11-15)13-4-6-14(7-5-13)18(22)21-12-16-3-2-10-25-16/h4-9,11,16H,2-3,10,12H2,1H3,(H,21,22). The van der Waals surface area contributed by atoms with E-state index in [0.717, 1.165) is 30.7 Å². The van der Waals surface area contributed by atoms with Gasteiger partial charge >= 0.3 is 5.97 Å². The molecule has 25 heavy (non-hydrogen) atoms. The topological polar surface area (TPSA) is 77.5 Å². The van der Waals surface area contributed by atoms with Crippen molar-refractivity contribution in [3.63, 3.8) is 0 Å². The Balaban J connectivity index is 1.63. The summed E-state index contributed by atoms with van der Waals surface area (Å²) in [6.07, 6.45) is 3.65. The third-order valence-corrected chi connectivity index (χ3v) is 4.14. The molecule has 0 aliphatic carbocycles. The van der Waals surface area contributed by atoms with Gasteiger partial charge in [0, 0.05) is 30.5 Å². The van der Waals surface area contributed by atoms with Crippen LogP contribution in [-0.2, 0) is 9.47 Å². The van der Waals surface area contributed by atoms with E-state index in [0.29, 0.717) is 17.7 Å². The predicted molar refractivity (Wildman–Crippen MR) is 92.3 cm³/mol. The van der Waals surface area contributed by atoms with Gasteiger partial charge in [-0.1, -0.05) is 12.1 Å². The average molecular weight is 340 g/mol. The van der Waals surface area contributed by atoms with Crippen LogP contribution in [-0.4, -0.2) is 43.2 Å². The van der Waals surface area contributed by atoms with Crippen molar-refractivity contribution in [3.8, 4) is 11.3 Å². The van der Waals surface area contributed by atoms with Gasteiger partial charge in [-0.05, 0) is 37.1 Å². The molecule has 1 saturated heterocycles. The molecule has 0 radical (unpaired) electrons. The summed E-state index contributed by atoms with van der Waals surface area (Å²) >= 11 is 0. The first-order valence-corrected chi connectivity index (χ1v) is 8.22. The lowest BCUT2D eigenvalue weighted by molar-refractivity contribution is 0.0600. The monoisotopic (exact) mass is 340 g/mol. The molecule has 0 saturated carbocycles. The molecular weight excluding hydrogens is 320 g/mol. The van der Waals surface area contributed by atoms with E-state index in [1.54, 1.807) is 24.3 Å². The molecule has 1 fully saturated rings. The quantitative estimate of drug-likeness (QED) is 0.846. The SMILES string of the molecule is COC(=O)c1ccc(-c2ccc(C(=O)NCC3CCCO3)cc2)nc1. The minimum absolute atomic E-state index is 0.115. The van der Waals surface area contributed by atoms with Gasteiger partial charge in [0.1, 0.15) is 0 Å². The number of hydrogen-bond acceptors (Lipinski definition) is 5. The van der Waals surface area contributed by atoms with Crippen LogP contribution in [0, 0.1) is 0 Å². The second-order valence-electron chi connectivity index (χ2n) is 5.85. The minimum atomic E-state index is -0.419. The zero-order chi connectivity index (χ0) is 17.6. The molecule has 1 aromatic carbocycles. The molecule has 1 N–H and O–H groups in total. The lowest BCUT2D eigenvalue weighted by Crippen LogP contribution is -2.31. The number of aromatic nitrogens is 1. The van der Waals surface area contributed by atoms with Gasteiger partial charge in [-0.25, -0.2) is 4.79 Å². The second-order valence-corrected chi connectivity index (χ2v) is 5.85. The molecule has 1 aromatic heterocycles. The first-order valence-electron chi connectivity index (χ1n) is 8.22. The Kier molecular flexibility index (Phi) is 5.40. The molecule has 1 atom stereocenters. The van der Waals surface area contributed by atoms with Gasteiger partial charge in [0.05, 0.1) is 24.5 Å². The van der Waals surface area contributed by atoms with Gasteiger partial charge in [0.2, 0.25) is 0 Å². The lowest BCUT2D eigenvalue weighted by Gasteiger charge is -2.11. The maximum absolute atomic E-state index is 12.2. The Morgan fingerprint density at radius 3 is 2.56 bits per heavy atom. The van der Waals surface area contributed by atoms with Crippen LogP contribution in [0.25, 0.3) is 11.3 Å². The van der Waals surface area contributed by atoms with Crippen LogP contribution >= 0.6 is 0 Å². The van der Waals surface area contributed by atoms with Crippen LogP contribution in [0.15, 0.2) is 42.6 Å². The molecular formula is C19H20N2O4. The predicted octanol–water partition coefficient (Wildman–Crippen LogP) is 2.44. The number of rotatable bonds is 5. The third kappa shape index (κ3) is 4.22. The molecule has 130 valence electrons. The van der Waals surface area contributed by atoms with Crippen LogP contribution in [0.2, 0.25) is 0 Å². The summed E-state index contributed by atoms with van der Waals surface area (Å²) in [4.78, 5) is 27.9. The largest absolute Gasteiger partial charge is 0.465 e. The lowest BCUT2D eigenvalue weighted by atomic mass is 10.1. The zero-order valence-corrected chi connectivity index (χ0v) is 14.0. The van der Waals surface area contributed by atoms with Crippen LogP contribution in [0.5, 0.6) is 0 Å². The summed E-state index contributed by atoms with van der Waals surface area (Å²) in [6, 6.07) is 10.6. The third-order valence-electron chi connectivity index (χ3n) is 4.14. The number of carbonyl (C=O) groups is 2. The van der Waals surface area contributed by atoms with Crippen molar-refractivity contribution < 1.29 is 19.1 Å². The zero-order valence-electron chi connectivity index (χ0n) is 14.0. The molecule has 1 aliphatic heterocycles. The maximum Gasteiger partial charge on any atom is 0.339 e. The Labute approximate surface area is 146 Å². The number of benzene rings is 1. The fourth-order valence-corrected chi connectivity index (χ4v) is 2.71. The van der Waals surface area contributed by atoms with Crippen LogP contribution in [0.1, 0.15) is 33.6 Å². The van der Waals surface area contributed by atoms with E-state index >= 15 is 0 Å². The van der Waals surface area contributed by atoms with Gasteiger partial charge in [-0.15, -0.1) is 0 Å². The minimum Gasteiger partial charge on any atom is -0.465 e. The Hall–Kier alpha value is -2.73. The van der Waals surface area contributed by atoms with Crippen molar-refractivity contribution in [2.24, 2.45) is 0 Å². The highest BCUT2D eigenvalue weighted by atomic mass is 16.5. The van der Waals surface area contributed by atoms with Crippen molar-refractivity contribution in [2.75, 3.05) is 20.3 Å². The molecule has 3 rings (SSSR count). The summed E-state index contributed by atoms with van der Waals surface area (Å²) in [5.74, 6) is -0.534. The van der Waals surface area contributed by atoms with Crippen molar-refractivity contribution in [3.05, 3.63) is 53.7 Å². The Morgan fingerprint density at radius 2 is 1.96 bits per heavy atom. The van der Waals surface area contributed by atoms with Gasteiger partial charge in [0.25, 0.3) is 5.91 Å². The van der Waals surface area contributed by atoms with Crippen LogP contribution < -0.4 is 5.32 Å². The number of pyridine rings is 1. The van der Waals surface area contributed by atoms with E-state index in [9.17, 15) is 9.59 Å². The summed E-state index contributed by atoms with van der Waals surface area (Å²) in [7, 11) is 1.33. The smallest absolute Gasteiger partial charge is 0.339 e. The summed E-state index contributed by atoms with van der Waals surface area (Å²) in [5.41, 5.74) is 2.58. The number of nitrogens with one attached hydrogen (secondary N) is 1. The molecule has 1 amide bonds. The van der Waals surface area contributed by atoms with Gasteiger partial charge < -0.3 is 14.8 Å². The number of esters is 1. The first kappa shape index (κ1) is 17.1. The van der Waals surface area contributed by atoms with Crippen LogP contribution in [0.3, 0.4) is 0 Å². The van der Waals surface area contributed by atoms with Gasteiger partial charge in [0.15, 0.2) is 0 Å². The van der Waals surface area contributed by atoms with E-state index in [1.807, 2.05) is 12.1 Å². The molecule has 1 aliphatic rings. The normalized spacial score (nSPS) is 16.4. The van der Waals surface area contributed by atoms with E-state index in [4.69, 9.17) is 4.74 Å². The summed E-state index contributed by atoms with van der Waals surface area (Å²) < 4.78 is 10.1. The number of nitrogens with zero attached hydrogens (tertiary/aromatic N) is 1. The first-order chi connectivity index (χ1) is 12.2. The fourth-order valence-electron chi connectivity index (χ4n) is 2.71. The molecule has 2 aromatic rings. The van der Waals surface area contributed by atoms with Gasteiger partial charge in [-0.2, -0.15) is 0 Å². The van der Waals surface area contributed by atoms with E-state index in [2.05, 4.69) is 15.0 Å². The van der Waals surface area contributed by atoms with Crippen molar-refractivity contribution >= 4 is 11.9 Å². The molecule has 6 heteroatoms. The van der Waals surface area contributed by atoms with E-state index in [-0.39, 0.29) is 12.0 Å². The van der Waals surface area contributed by atoms with Gasteiger partial charge in [-0.3, -0.25) is 9.78 Å². The van der Waals surface area contributed by atoms with Crippen molar-refractivity contribution in [1.29, 1.82) is 0 Å². The number of ether oxygens (including phenoxy) is 2. The Morgan fingerprint density at radius 1 is 1.20 bits per heavy atom. The number of hydrogen-bond donors (Lipinski definition) is 1. The fraction of sp³-hybridized carbons (Fsp3) is 0.316. The highest BCUT2D eigenvalue weighted by Gasteiger charge is 2.16. The molecule has 6 nitrogen and oxygen atoms in total. The molecule has 0 bridgehead atoms. The molecule has 2 heterocycles. The summed E-state index contributed by atoms with van der Waals surface area (Å²) in [6.45, 7) is 1.31. The molecule has 0 spiro atoms. The molecule has 1 unspecified atom stereocenters. The second kappa shape index (κ2) is 7.90. The Bertz CT molecular complexity index is 735. The average Bonchev–Trinajstić information content (AvgIpc) is 3.19. The maximum atomic E-state index is 12.2. The number of amides is 1. The van der Waals surface area contributed by atoms with Crippen molar-refractivity contribution in [1.82, 2.24) is 10.3 Å². The highest BCUT2D eigenvalue weighted by Crippen LogP contribution is 2.18. The summed E-state index contributed by atoms with van der Waals surface area (Å²) in [5, 5.41) is 2.90. The van der Waals surface area contributed by atoms with Crippen LogP contribution in [0.4, 0.5) is 0 Å². The number of methoxy groups -OCH3 is 1. The highest BCUT2D eigenvalue weighted by molar-refractivity contribution is 5.94. The number of carbonyl (C=O) groups excluding carboxylic acids is 2. The van der Waals surface area contributed by atoms with E-state index < -0.39 is 5.97 Å². The van der Waals surface area contributed by atoms with Crippen molar-refractivity contribution in [2.45, 2.75) is 18.9 Å².